The van der Waals surface area contributed by atoms with Gasteiger partial charge >= 0.3 is 5.97 Å². The number of nitrogens with zero attached hydrogens (tertiary/aromatic N) is 2. The van der Waals surface area contributed by atoms with Crippen molar-refractivity contribution in [1.82, 2.24) is 9.47 Å². The van der Waals surface area contributed by atoms with E-state index in [0.717, 1.165) is 18.5 Å². The Morgan fingerprint density at radius 3 is 2.67 bits per heavy atom. The molecule has 1 saturated heterocycles. The fourth-order valence-corrected chi connectivity index (χ4v) is 2.81. The SMILES string of the molecule is CCn1c(C)ccc(C(=O)N2CCCC[C@H]2C(=O)O)c1=O. The molecule has 1 N–H and O–H groups in total. The molecule has 1 aromatic heterocycles. The van der Waals surface area contributed by atoms with Crippen LogP contribution in [0.25, 0.3) is 0 Å². The van der Waals surface area contributed by atoms with E-state index in [0.29, 0.717) is 19.5 Å². The number of aliphatic carboxylic acids is 1. The first-order valence-corrected chi connectivity index (χ1v) is 7.21. The summed E-state index contributed by atoms with van der Waals surface area (Å²) in [5.74, 6) is -1.49. The van der Waals surface area contributed by atoms with Crippen molar-refractivity contribution in [2.75, 3.05) is 6.54 Å². The lowest BCUT2D eigenvalue weighted by Gasteiger charge is -2.32. The number of pyridine rings is 1. The number of carboxylic acids is 1. The molecule has 1 aliphatic rings. The van der Waals surface area contributed by atoms with Gasteiger partial charge in [-0.15, -0.1) is 0 Å². The number of likely N-dealkylation sites (tertiary alicyclic amines) is 1. The average molecular weight is 292 g/mol. The number of hydrogen-bond donors (Lipinski definition) is 1. The second-order valence-corrected chi connectivity index (χ2v) is 5.29. The molecule has 2 heterocycles. The zero-order valence-corrected chi connectivity index (χ0v) is 12.3. The predicted molar refractivity (Wildman–Crippen MR) is 77.4 cm³/mol. The van der Waals surface area contributed by atoms with Crippen LogP contribution in [0.2, 0.25) is 0 Å². The Balaban J connectivity index is 2.39. The molecule has 2 rings (SSSR count). The minimum absolute atomic E-state index is 0.0515. The number of piperidine rings is 1. The summed E-state index contributed by atoms with van der Waals surface area (Å²) in [5, 5.41) is 9.24. The van der Waals surface area contributed by atoms with Crippen LogP contribution in [-0.2, 0) is 11.3 Å². The van der Waals surface area contributed by atoms with Crippen LogP contribution in [-0.4, -0.2) is 39.0 Å². The van der Waals surface area contributed by atoms with E-state index in [4.69, 9.17) is 0 Å². The monoisotopic (exact) mass is 292 g/mol. The van der Waals surface area contributed by atoms with Gasteiger partial charge in [0.15, 0.2) is 0 Å². The van der Waals surface area contributed by atoms with Crippen molar-refractivity contribution in [3.05, 3.63) is 33.7 Å². The van der Waals surface area contributed by atoms with Gasteiger partial charge in [0.25, 0.3) is 11.5 Å². The largest absolute Gasteiger partial charge is 0.480 e. The lowest BCUT2D eigenvalue weighted by Crippen LogP contribution is -2.49. The van der Waals surface area contributed by atoms with Gasteiger partial charge < -0.3 is 14.6 Å². The minimum Gasteiger partial charge on any atom is -0.480 e. The Kier molecular flexibility index (Phi) is 4.45. The average Bonchev–Trinajstić information content (AvgIpc) is 2.47. The van der Waals surface area contributed by atoms with Crippen LogP contribution in [0.5, 0.6) is 0 Å². The lowest BCUT2D eigenvalue weighted by molar-refractivity contribution is -0.143. The van der Waals surface area contributed by atoms with Crippen molar-refractivity contribution in [1.29, 1.82) is 0 Å². The minimum atomic E-state index is -1.01. The summed E-state index contributed by atoms with van der Waals surface area (Å²) in [6.07, 6.45) is 1.99. The van der Waals surface area contributed by atoms with Crippen molar-refractivity contribution in [2.45, 2.75) is 45.7 Å². The second kappa shape index (κ2) is 6.11. The molecule has 0 unspecified atom stereocenters. The van der Waals surface area contributed by atoms with Crippen LogP contribution in [0.3, 0.4) is 0 Å². The van der Waals surface area contributed by atoms with Crippen molar-refractivity contribution < 1.29 is 14.7 Å². The van der Waals surface area contributed by atoms with Gasteiger partial charge in [-0.05, 0) is 45.2 Å². The van der Waals surface area contributed by atoms with Gasteiger partial charge in [-0.3, -0.25) is 9.59 Å². The van der Waals surface area contributed by atoms with Gasteiger partial charge in [0.1, 0.15) is 11.6 Å². The molecule has 114 valence electrons. The van der Waals surface area contributed by atoms with Gasteiger partial charge in [0.05, 0.1) is 0 Å². The third kappa shape index (κ3) is 2.84. The van der Waals surface area contributed by atoms with Gasteiger partial charge in [-0.1, -0.05) is 0 Å². The predicted octanol–water partition coefficient (Wildman–Crippen LogP) is 1.26. The van der Waals surface area contributed by atoms with E-state index in [2.05, 4.69) is 0 Å². The van der Waals surface area contributed by atoms with Crippen LogP contribution in [0, 0.1) is 6.92 Å². The zero-order valence-electron chi connectivity index (χ0n) is 12.3. The molecule has 0 bridgehead atoms. The topological polar surface area (TPSA) is 79.6 Å². The highest BCUT2D eigenvalue weighted by Gasteiger charge is 2.33. The molecular formula is C15H20N2O4. The summed E-state index contributed by atoms with van der Waals surface area (Å²) in [6, 6.07) is 2.39. The first-order valence-electron chi connectivity index (χ1n) is 7.21. The number of carboxylic acid groups (broad SMARTS) is 1. The smallest absolute Gasteiger partial charge is 0.326 e. The van der Waals surface area contributed by atoms with Crippen molar-refractivity contribution in [2.24, 2.45) is 0 Å². The summed E-state index contributed by atoms with van der Waals surface area (Å²) in [5.41, 5.74) is 0.486. The summed E-state index contributed by atoms with van der Waals surface area (Å²) in [7, 11) is 0. The Morgan fingerprint density at radius 2 is 2.05 bits per heavy atom. The van der Waals surface area contributed by atoms with E-state index in [1.165, 1.54) is 15.5 Å². The molecule has 1 amide bonds. The summed E-state index contributed by atoms with van der Waals surface area (Å²) in [6.45, 7) is 4.51. The molecule has 0 aromatic carbocycles. The summed E-state index contributed by atoms with van der Waals surface area (Å²) >= 11 is 0. The van der Waals surface area contributed by atoms with E-state index in [1.807, 2.05) is 6.92 Å². The fourth-order valence-electron chi connectivity index (χ4n) is 2.81. The molecular weight excluding hydrogens is 272 g/mol. The van der Waals surface area contributed by atoms with E-state index in [1.54, 1.807) is 13.0 Å². The molecule has 6 heteroatoms. The van der Waals surface area contributed by atoms with E-state index in [9.17, 15) is 19.5 Å². The highest BCUT2D eigenvalue weighted by molar-refractivity contribution is 5.96. The third-order valence-corrected chi connectivity index (χ3v) is 3.99. The second-order valence-electron chi connectivity index (χ2n) is 5.29. The zero-order chi connectivity index (χ0) is 15.6. The van der Waals surface area contributed by atoms with E-state index in [-0.39, 0.29) is 11.1 Å². The number of carbonyl (C=O) groups is 2. The first kappa shape index (κ1) is 15.3. The van der Waals surface area contributed by atoms with Crippen LogP contribution in [0.4, 0.5) is 0 Å². The number of rotatable bonds is 3. The Morgan fingerprint density at radius 1 is 1.33 bits per heavy atom. The Bertz CT molecular complexity index is 621. The number of aryl methyl sites for hydroxylation is 1. The highest BCUT2D eigenvalue weighted by atomic mass is 16.4. The highest BCUT2D eigenvalue weighted by Crippen LogP contribution is 2.19. The molecule has 1 atom stereocenters. The van der Waals surface area contributed by atoms with Crippen LogP contribution < -0.4 is 5.56 Å². The number of amides is 1. The fraction of sp³-hybridized carbons (Fsp3) is 0.533. The van der Waals surface area contributed by atoms with Crippen molar-refractivity contribution in [3.63, 3.8) is 0 Å². The van der Waals surface area contributed by atoms with E-state index < -0.39 is 17.9 Å². The molecule has 6 nitrogen and oxygen atoms in total. The van der Waals surface area contributed by atoms with Crippen molar-refractivity contribution in [3.8, 4) is 0 Å². The third-order valence-electron chi connectivity index (χ3n) is 3.99. The van der Waals surface area contributed by atoms with E-state index >= 15 is 0 Å². The molecule has 0 radical (unpaired) electrons. The molecule has 1 fully saturated rings. The normalized spacial score (nSPS) is 18.6. The first-order chi connectivity index (χ1) is 9.97. The Labute approximate surface area is 123 Å². The van der Waals surface area contributed by atoms with Crippen LogP contribution >= 0.6 is 0 Å². The molecule has 0 aliphatic carbocycles. The standard InChI is InChI=1S/C15H20N2O4/c1-3-16-10(2)7-8-11(13(16)18)14(19)17-9-5-4-6-12(17)15(20)21/h7-8,12H,3-6,9H2,1-2H3,(H,20,21)/t12-/m0/s1. The van der Waals surface area contributed by atoms with Gasteiger partial charge in [0, 0.05) is 18.8 Å². The molecule has 0 spiro atoms. The molecule has 1 aromatic rings. The van der Waals surface area contributed by atoms with Crippen LogP contribution in [0.1, 0.15) is 42.2 Å². The maximum absolute atomic E-state index is 12.6. The quantitative estimate of drug-likeness (QED) is 0.909. The molecule has 0 saturated carbocycles. The Hall–Kier alpha value is -2.11. The van der Waals surface area contributed by atoms with Gasteiger partial charge in [-0.2, -0.15) is 0 Å². The van der Waals surface area contributed by atoms with Gasteiger partial charge in [-0.25, -0.2) is 4.79 Å². The molecule has 21 heavy (non-hydrogen) atoms. The summed E-state index contributed by atoms with van der Waals surface area (Å²) in [4.78, 5) is 37.5. The maximum atomic E-state index is 12.6. The van der Waals surface area contributed by atoms with Crippen LogP contribution in [0.15, 0.2) is 16.9 Å². The number of hydrogen-bond acceptors (Lipinski definition) is 3. The number of carbonyl (C=O) groups excluding carboxylic acids is 1. The van der Waals surface area contributed by atoms with Gasteiger partial charge in [0.2, 0.25) is 0 Å². The maximum Gasteiger partial charge on any atom is 0.326 e. The molecule has 1 aliphatic heterocycles. The summed E-state index contributed by atoms with van der Waals surface area (Å²) < 4.78 is 1.52. The number of aromatic nitrogens is 1. The lowest BCUT2D eigenvalue weighted by atomic mass is 10.0. The van der Waals surface area contributed by atoms with Crippen molar-refractivity contribution >= 4 is 11.9 Å².